The van der Waals surface area contributed by atoms with Crippen LogP contribution in [0.5, 0.6) is 5.75 Å². The van der Waals surface area contributed by atoms with Crippen LogP contribution >= 0.6 is 0 Å². The molecule has 0 amide bonds. The van der Waals surface area contributed by atoms with Gasteiger partial charge in [0.25, 0.3) is 0 Å². The maximum Gasteiger partial charge on any atom is 0.313 e. The normalized spacial score (nSPS) is 14.4. The van der Waals surface area contributed by atoms with Crippen LogP contribution in [-0.4, -0.2) is 17.7 Å². The van der Waals surface area contributed by atoms with Crippen LogP contribution in [0.1, 0.15) is 70.1 Å². The molecule has 130 valence electrons. The number of carbonyl (C=O) groups excluding carboxylic acids is 1. The Labute approximate surface area is 141 Å². The van der Waals surface area contributed by atoms with Gasteiger partial charge in [-0.15, -0.1) is 0 Å². The molecule has 0 saturated heterocycles. The molecule has 0 aliphatic carbocycles. The van der Waals surface area contributed by atoms with Gasteiger partial charge in [-0.2, -0.15) is 0 Å². The minimum Gasteiger partial charge on any atom is -0.507 e. The van der Waals surface area contributed by atoms with Gasteiger partial charge in [0.2, 0.25) is 0 Å². The Kier molecular flexibility index (Phi) is 6.67. The van der Waals surface area contributed by atoms with Crippen LogP contribution in [0.4, 0.5) is 0 Å². The summed E-state index contributed by atoms with van der Waals surface area (Å²) in [6, 6.07) is 3.72. The van der Waals surface area contributed by atoms with Gasteiger partial charge in [0.05, 0.1) is 12.5 Å². The zero-order valence-corrected chi connectivity index (χ0v) is 15.7. The number of hydrogen-bond acceptors (Lipinski definition) is 3. The highest BCUT2D eigenvalue weighted by Crippen LogP contribution is 2.28. The van der Waals surface area contributed by atoms with Crippen molar-refractivity contribution in [1.29, 1.82) is 0 Å². The van der Waals surface area contributed by atoms with Crippen molar-refractivity contribution in [2.75, 3.05) is 6.61 Å². The van der Waals surface area contributed by atoms with Gasteiger partial charge in [0.1, 0.15) is 5.75 Å². The van der Waals surface area contributed by atoms with Gasteiger partial charge in [-0.3, -0.25) is 4.79 Å². The third kappa shape index (κ3) is 6.25. The van der Waals surface area contributed by atoms with E-state index in [1.165, 1.54) is 0 Å². The number of aryl methyl sites for hydroxylation is 2. The lowest BCUT2D eigenvalue weighted by Gasteiger charge is -2.23. The van der Waals surface area contributed by atoms with E-state index in [0.29, 0.717) is 23.7 Å². The fourth-order valence-corrected chi connectivity index (χ4v) is 3.01. The van der Waals surface area contributed by atoms with Gasteiger partial charge in [-0.1, -0.05) is 39.8 Å². The number of esters is 1. The van der Waals surface area contributed by atoms with Crippen LogP contribution in [0.25, 0.3) is 0 Å². The number of benzene rings is 1. The molecule has 0 fully saturated rings. The van der Waals surface area contributed by atoms with Crippen LogP contribution in [0.15, 0.2) is 12.1 Å². The summed E-state index contributed by atoms with van der Waals surface area (Å²) in [4.78, 5) is 12.2. The van der Waals surface area contributed by atoms with Crippen molar-refractivity contribution in [1.82, 2.24) is 0 Å². The number of ether oxygens (including phenoxy) is 1. The van der Waals surface area contributed by atoms with E-state index in [9.17, 15) is 9.90 Å². The summed E-state index contributed by atoms with van der Waals surface area (Å²) < 4.78 is 5.45. The molecule has 1 N–H and O–H groups in total. The summed E-state index contributed by atoms with van der Waals surface area (Å²) in [5, 5.41) is 9.83. The molecule has 0 aliphatic rings. The molecule has 0 bridgehead atoms. The molecule has 2 atom stereocenters. The molecule has 0 heterocycles. The fourth-order valence-electron chi connectivity index (χ4n) is 3.01. The van der Waals surface area contributed by atoms with Crippen LogP contribution in [0.3, 0.4) is 0 Å². The SMILES string of the molecule is Cc1cc(C(C)C(=O)OCCC(C)CC(C)(C)C)cc(C)c1O. The number of rotatable bonds is 6. The minimum atomic E-state index is -0.314. The van der Waals surface area contributed by atoms with Crippen molar-refractivity contribution >= 4 is 5.97 Å². The Morgan fingerprint density at radius 3 is 2.17 bits per heavy atom. The van der Waals surface area contributed by atoms with Crippen molar-refractivity contribution in [3.05, 3.63) is 28.8 Å². The highest BCUT2D eigenvalue weighted by Gasteiger charge is 2.20. The molecule has 0 aromatic heterocycles. The molecule has 3 heteroatoms. The minimum absolute atomic E-state index is 0.197. The second-order valence-corrected chi connectivity index (χ2v) is 8.05. The molecule has 1 aromatic carbocycles. The smallest absolute Gasteiger partial charge is 0.313 e. The van der Waals surface area contributed by atoms with Gasteiger partial charge in [-0.25, -0.2) is 0 Å². The Balaban J connectivity index is 2.55. The van der Waals surface area contributed by atoms with Gasteiger partial charge in [0.15, 0.2) is 0 Å². The van der Waals surface area contributed by atoms with Gasteiger partial charge in [-0.05, 0) is 61.6 Å². The zero-order valence-electron chi connectivity index (χ0n) is 15.7. The summed E-state index contributed by atoms with van der Waals surface area (Å²) in [6.45, 7) is 14.9. The first-order valence-corrected chi connectivity index (χ1v) is 8.48. The van der Waals surface area contributed by atoms with E-state index in [0.717, 1.165) is 29.5 Å². The molecular formula is C20H32O3. The summed E-state index contributed by atoms with van der Waals surface area (Å²) in [6.07, 6.45) is 2.01. The van der Waals surface area contributed by atoms with E-state index in [4.69, 9.17) is 4.74 Å². The zero-order chi connectivity index (χ0) is 17.8. The van der Waals surface area contributed by atoms with Gasteiger partial charge >= 0.3 is 5.97 Å². The van der Waals surface area contributed by atoms with Crippen molar-refractivity contribution in [2.24, 2.45) is 11.3 Å². The number of phenols is 1. The molecular weight excluding hydrogens is 288 g/mol. The number of hydrogen-bond donors (Lipinski definition) is 1. The quantitative estimate of drug-likeness (QED) is 0.740. The molecule has 1 rings (SSSR count). The molecule has 1 aromatic rings. The topological polar surface area (TPSA) is 46.5 Å². The lowest BCUT2D eigenvalue weighted by Crippen LogP contribution is -2.17. The second kappa shape index (κ2) is 7.85. The fraction of sp³-hybridized carbons (Fsp3) is 0.650. The van der Waals surface area contributed by atoms with Crippen LogP contribution in [0, 0.1) is 25.2 Å². The predicted molar refractivity (Wildman–Crippen MR) is 94.8 cm³/mol. The maximum absolute atomic E-state index is 12.2. The number of aromatic hydroxyl groups is 1. The van der Waals surface area contributed by atoms with Crippen molar-refractivity contribution in [3.8, 4) is 5.75 Å². The predicted octanol–water partition coefficient (Wildman–Crippen LogP) is 5.12. The Morgan fingerprint density at radius 2 is 1.70 bits per heavy atom. The van der Waals surface area contributed by atoms with Crippen molar-refractivity contribution < 1.29 is 14.6 Å². The van der Waals surface area contributed by atoms with Crippen molar-refractivity contribution in [3.63, 3.8) is 0 Å². The molecule has 0 saturated carbocycles. The molecule has 0 radical (unpaired) electrons. The maximum atomic E-state index is 12.2. The molecule has 2 unspecified atom stereocenters. The van der Waals surface area contributed by atoms with Crippen LogP contribution in [-0.2, 0) is 9.53 Å². The van der Waals surface area contributed by atoms with Gasteiger partial charge < -0.3 is 9.84 Å². The summed E-state index contributed by atoms with van der Waals surface area (Å²) in [5.74, 6) is 0.324. The molecule has 0 aliphatic heterocycles. The monoisotopic (exact) mass is 320 g/mol. The Morgan fingerprint density at radius 1 is 1.17 bits per heavy atom. The van der Waals surface area contributed by atoms with Gasteiger partial charge in [0, 0.05) is 0 Å². The highest BCUT2D eigenvalue weighted by atomic mass is 16.5. The standard InChI is InChI=1S/C20H32O3/c1-13(12-20(5,6)7)8-9-23-19(22)16(4)17-10-14(2)18(21)15(3)11-17/h10-11,13,16,21H,8-9,12H2,1-7H3. The third-order valence-electron chi connectivity index (χ3n) is 4.18. The Bertz CT molecular complexity index is 517. The van der Waals surface area contributed by atoms with E-state index in [2.05, 4.69) is 27.7 Å². The second-order valence-electron chi connectivity index (χ2n) is 8.05. The van der Waals surface area contributed by atoms with E-state index < -0.39 is 0 Å². The molecule has 23 heavy (non-hydrogen) atoms. The lowest BCUT2D eigenvalue weighted by molar-refractivity contribution is -0.145. The highest BCUT2D eigenvalue weighted by molar-refractivity contribution is 5.78. The largest absolute Gasteiger partial charge is 0.507 e. The lowest BCUT2D eigenvalue weighted by atomic mass is 9.84. The first-order chi connectivity index (χ1) is 10.5. The average molecular weight is 320 g/mol. The summed E-state index contributed by atoms with van der Waals surface area (Å²) in [7, 11) is 0. The number of phenolic OH excluding ortho intramolecular Hbond substituents is 1. The summed E-state index contributed by atoms with van der Waals surface area (Å²) >= 11 is 0. The van der Waals surface area contributed by atoms with E-state index in [-0.39, 0.29) is 11.9 Å². The van der Waals surface area contributed by atoms with E-state index in [1.807, 2.05) is 32.9 Å². The Hall–Kier alpha value is -1.51. The molecule has 3 nitrogen and oxygen atoms in total. The van der Waals surface area contributed by atoms with Crippen molar-refractivity contribution in [2.45, 2.75) is 67.2 Å². The number of carbonyl (C=O) groups is 1. The third-order valence-corrected chi connectivity index (χ3v) is 4.18. The first kappa shape index (κ1) is 19.5. The van der Waals surface area contributed by atoms with Crippen LogP contribution in [0.2, 0.25) is 0 Å². The first-order valence-electron chi connectivity index (χ1n) is 8.48. The van der Waals surface area contributed by atoms with E-state index >= 15 is 0 Å². The summed E-state index contributed by atoms with van der Waals surface area (Å²) in [5.41, 5.74) is 2.78. The van der Waals surface area contributed by atoms with Crippen LogP contribution < -0.4 is 0 Å². The average Bonchev–Trinajstić information content (AvgIpc) is 2.41. The molecule has 0 spiro atoms. The van der Waals surface area contributed by atoms with E-state index in [1.54, 1.807) is 0 Å².